The lowest BCUT2D eigenvalue weighted by atomic mass is 10.3. The van der Waals surface area contributed by atoms with Crippen LogP contribution in [0.4, 0.5) is 5.69 Å². The van der Waals surface area contributed by atoms with E-state index in [-0.39, 0.29) is 23.5 Å². The molecule has 106 valence electrons. The fourth-order valence-corrected chi connectivity index (χ4v) is 4.54. The largest absolute Gasteiger partial charge is 0.398 e. The number of nitrogen functional groups attached to an aromatic ring is 1. The van der Waals surface area contributed by atoms with Crippen LogP contribution in [0.2, 0.25) is 0 Å². The minimum absolute atomic E-state index is 0.0187. The van der Waals surface area contributed by atoms with E-state index in [9.17, 15) is 13.2 Å². The van der Waals surface area contributed by atoms with E-state index in [1.54, 1.807) is 6.07 Å². The van der Waals surface area contributed by atoms with Crippen LogP contribution >= 0.6 is 31.9 Å². The Morgan fingerprint density at radius 3 is 2.47 bits per heavy atom. The number of halogens is 2. The lowest BCUT2D eigenvalue weighted by Crippen LogP contribution is -2.27. The Balaban J connectivity index is 2.86. The summed E-state index contributed by atoms with van der Waals surface area (Å²) < 4.78 is 27.6. The molecule has 5 N–H and O–H groups in total. The van der Waals surface area contributed by atoms with Crippen LogP contribution in [0, 0.1) is 0 Å². The Bertz CT molecular complexity index is 567. The van der Waals surface area contributed by atoms with Crippen molar-refractivity contribution in [3.8, 4) is 0 Å². The molecule has 6 nitrogen and oxygen atoms in total. The third-order valence-corrected chi connectivity index (χ3v) is 5.12. The highest BCUT2D eigenvalue weighted by Gasteiger charge is 2.21. The van der Waals surface area contributed by atoms with Gasteiger partial charge in [0.25, 0.3) is 0 Å². The average Bonchev–Trinajstić information content (AvgIpc) is 2.22. The van der Waals surface area contributed by atoms with Crippen LogP contribution in [0.5, 0.6) is 0 Å². The second-order valence-corrected chi connectivity index (χ2v) is 7.25. The summed E-state index contributed by atoms with van der Waals surface area (Å²) in [5.74, 6) is -0.469. The van der Waals surface area contributed by atoms with E-state index >= 15 is 0 Å². The Morgan fingerprint density at radius 2 is 1.95 bits per heavy atom. The molecular weight excluding hydrogens is 402 g/mol. The molecule has 0 aliphatic heterocycles. The molecule has 0 aliphatic rings. The first-order valence-electron chi connectivity index (χ1n) is 5.26. The van der Waals surface area contributed by atoms with Crippen molar-refractivity contribution in [1.82, 2.24) is 4.72 Å². The monoisotopic (exact) mass is 413 g/mol. The molecule has 0 unspecified atom stereocenters. The maximum Gasteiger partial charge on any atom is 0.243 e. The molecule has 0 spiro atoms. The predicted molar refractivity (Wildman–Crippen MR) is 79.9 cm³/mol. The van der Waals surface area contributed by atoms with Gasteiger partial charge in [-0.15, -0.1) is 0 Å². The first-order valence-corrected chi connectivity index (χ1v) is 8.33. The molecule has 1 aromatic carbocycles. The molecule has 19 heavy (non-hydrogen) atoms. The maximum absolute atomic E-state index is 12.1. The van der Waals surface area contributed by atoms with E-state index in [1.807, 2.05) is 0 Å². The molecule has 0 heterocycles. The minimum atomic E-state index is -3.73. The van der Waals surface area contributed by atoms with E-state index < -0.39 is 15.9 Å². The van der Waals surface area contributed by atoms with Crippen LogP contribution in [0.25, 0.3) is 0 Å². The highest BCUT2D eigenvalue weighted by molar-refractivity contribution is 9.11. The van der Waals surface area contributed by atoms with Gasteiger partial charge in [0, 0.05) is 21.9 Å². The normalized spacial score (nSPS) is 11.5. The number of carbonyl (C=O) groups is 1. The molecule has 9 heteroatoms. The number of benzene rings is 1. The average molecular weight is 415 g/mol. The first kappa shape index (κ1) is 16.4. The van der Waals surface area contributed by atoms with Gasteiger partial charge in [-0.25, -0.2) is 13.1 Å². The fourth-order valence-electron chi connectivity index (χ4n) is 1.41. The van der Waals surface area contributed by atoms with Gasteiger partial charge in [0.2, 0.25) is 15.9 Å². The number of rotatable bonds is 6. The molecule has 0 saturated carbocycles. The lowest BCUT2D eigenvalue weighted by molar-refractivity contribution is -0.118. The van der Waals surface area contributed by atoms with Crippen LogP contribution in [-0.2, 0) is 14.8 Å². The highest BCUT2D eigenvalue weighted by Crippen LogP contribution is 2.31. The topological polar surface area (TPSA) is 115 Å². The molecule has 0 aromatic heterocycles. The summed E-state index contributed by atoms with van der Waals surface area (Å²) in [5, 5.41) is 0. The predicted octanol–water partition coefficient (Wildman–Crippen LogP) is 1.34. The molecule has 1 rings (SSSR count). The van der Waals surface area contributed by atoms with Crippen LogP contribution in [-0.4, -0.2) is 20.9 Å². The second-order valence-electron chi connectivity index (χ2n) is 3.77. The molecular formula is C10H13Br2N3O3S. The lowest BCUT2D eigenvalue weighted by Gasteiger charge is -2.11. The van der Waals surface area contributed by atoms with E-state index in [2.05, 4.69) is 36.6 Å². The third kappa shape index (κ3) is 4.75. The summed E-state index contributed by atoms with van der Waals surface area (Å²) in [6.07, 6.45) is 0.460. The fraction of sp³-hybridized carbons (Fsp3) is 0.300. The summed E-state index contributed by atoms with van der Waals surface area (Å²) in [4.78, 5) is 10.5. The maximum atomic E-state index is 12.1. The van der Waals surface area contributed by atoms with E-state index in [0.29, 0.717) is 15.4 Å². The van der Waals surface area contributed by atoms with Gasteiger partial charge in [-0.3, -0.25) is 4.79 Å². The molecule has 0 fully saturated rings. The molecule has 1 aromatic rings. The Morgan fingerprint density at radius 1 is 1.32 bits per heavy atom. The zero-order valence-corrected chi connectivity index (χ0v) is 13.8. The second kappa shape index (κ2) is 6.69. The van der Waals surface area contributed by atoms with E-state index in [0.717, 1.165) is 0 Å². The Labute approximate surface area is 128 Å². The van der Waals surface area contributed by atoms with Gasteiger partial charge in [-0.2, -0.15) is 0 Å². The van der Waals surface area contributed by atoms with Crippen LogP contribution in [0.15, 0.2) is 26.0 Å². The van der Waals surface area contributed by atoms with Crippen molar-refractivity contribution in [1.29, 1.82) is 0 Å². The number of hydrogen-bond acceptors (Lipinski definition) is 4. The van der Waals surface area contributed by atoms with Crippen molar-refractivity contribution >= 4 is 53.5 Å². The Hall–Kier alpha value is -0.640. The highest BCUT2D eigenvalue weighted by atomic mass is 79.9. The van der Waals surface area contributed by atoms with Crippen molar-refractivity contribution < 1.29 is 13.2 Å². The van der Waals surface area contributed by atoms with Gasteiger partial charge >= 0.3 is 0 Å². The van der Waals surface area contributed by atoms with Gasteiger partial charge in [-0.05, 0) is 34.5 Å². The molecule has 0 saturated heterocycles. The quantitative estimate of drug-likeness (QED) is 0.481. The van der Waals surface area contributed by atoms with Gasteiger partial charge in [-0.1, -0.05) is 15.9 Å². The number of primary amides is 1. The smallest absolute Gasteiger partial charge is 0.243 e. The van der Waals surface area contributed by atoms with Gasteiger partial charge in [0.15, 0.2) is 0 Å². The molecule has 0 radical (unpaired) electrons. The van der Waals surface area contributed by atoms with Gasteiger partial charge < -0.3 is 11.5 Å². The standard InChI is InChI=1S/C10H13Br2N3O3S/c11-6-4-7(12)10(8(13)5-6)19(17,18)15-3-1-2-9(14)16/h4-5,15H,1-3,13H2,(H2,14,16). The zero-order valence-electron chi connectivity index (χ0n) is 9.82. The van der Waals surface area contributed by atoms with Gasteiger partial charge in [0.1, 0.15) is 4.90 Å². The zero-order chi connectivity index (χ0) is 14.6. The number of hydrogen-bond donors (Lipinski definition) is 3. The van der Waals surface area contributed by atoms with E-state index in [4.69, 9.17) is 11.5 Å². The number of anilines is 1. The van der Waals surface area contributed by atoms with Crippen molar-refractivity contribution in [3.05, 3.63) is 21.1 Å². The SMILES string of the molecule is NC(=O)CCCNS(=O)(=O)c1c(N)cc(Br)cc1Br. The summed E-state index contributed by atoms with van der Waals surface area (Å²) in [6, 6.07) is 3.09. The van der Waals surface area contributed by atoms with Crippen molar-refractivity contribution in [3.63, 3.8) is 0 Å². The van der Waals surface area contributed by atoms with Crippen molar-refractivity contribution in [2.75, 3.05) is 12.3 Å². The number of nitrogens with two attached hydrogens (primary N) is 2. The van der Waals surface area contributed by atoms with Crippen molar-refractivity contribution in [2.45, 2.75) is 17.7 Å². The number of nitrogens with one attached hydrogen (secondary N) is 1. The number of carbonyl (C=O) groups excluding carboxylic acids is 1. The Kier molecular flexibility index (Phi) is 5.78. The molecule has 0 bridgehead atoms. The summed E-state index contributed by atoms with van der Waals surface area (Å²) in [6.45, 7) is 0.118. The third-order valence-electron chi connectivity index (χ3n) is 2.20. The van der Waals surface area contributed by atoms with Crippen LogP contribution in [0.3, 0.4) is 0 Å². The minimum Gasteiger partial charge on any atom is -0.398 e. The van der Waals surface area contributed by atoms with Crippen molar-refractivity contribution in [2.24, 2.45) is 5.73 Å². The van der Waals surface area contributed by atoms with Crippen LogP contribution in [0.1, 0.15) is 12.8 Å². The summed E-state index contributed by atoms with van der Waals surface area (Å²) in [5.41, 5.74) is 10.8. The summed E-state index contributed by atoms with van der Waals surface area (Å²) >= 11 is 6.38. The summed E-state index contributed by atoms with van der Waals surface area (Å²) in [7, 11) is -3.73. The molecule has 1 amide bonds. The first-order chi connectivity index (χ1) is 8.74. The number of sulfonamides is 1. The number of amides is 1. The van der Waals surface area contributed by atoms with Crippen LogP contribution < -0.4 is 16.2 Å². The molecule has 0 aliphatic carbocycles. The molecule has 0 atom stereocenters. The van der Waals surface area contributed by atoms with Gasteiger partial charge in [0.05, 0.1) is 5.69 Å². The van der Waals surface area contributed by atoms with E-state index in [1.165, 1.54) is 6.07 Å².